The van der Waals surface area contributed by atoms with Gasteiger partial charge >= 0.3 is 0 Å². The van der Waals surface area contributed by atoms with Gasteiger partial charge in [-0.25, -0.2) is 0 Å². The fraction of sp³-hybridized carbons (Fsp3) is 0.286. The maximum Gasteiger partial charge on any atom is 0.0729 e. The zero-order chi connectivity index (χ0) is 20.5. The number of rotatable bonds is 1. The summed E-state index contributed by atoms with van der Waals surface area (Å²) in [5.74, 6) is 0. The number of nitrogens with zero attached hydrogens (tertiary/aromatic N) is 1. The smallest absolute Gasteiger partial charge is 0.0729 e. The molecule has 1 aliphatic heterocycles. The standard InChI is InChI=1S/C28H29N/c1-17-13-18(2)19(3)22(14-17)26-12-11-20-15-23-21-9-7-8-10-24(21)28(4,5)25(23)16-27(20)29(26)6/h7-16,26H,1-6H3. The molecule has 1 unspecified atom stereocenters. The molecular formula is C28H29N. The molecule has 1 aliphatic carbocycles. The molecule has 3 aromatic carbocycles. The molecule has 0 fully saturated rings. The van der Waals surface area contributed by atoms with Gasteiger partial charge in [0.2, 0.25) is 0 Å². The Kier molecular flexibility index (Phi) is 3.84. The first-order valence-electron chi connectivity index (χ1n) is 10.6. The third kappa shape index (κ3) is 2.53. The Bertz CT molecular complexity index is 1180. The van der Waals surface area contributed by atoms with Crippen LogP contribution in [0.3, 0.4) is 0 Å². The summed E-state index contributed by atoms with van der Waals surface area (Å²) < 4.78 is 0. The fourth-order valence-electron chi connectivity index (χ4n) is 5.36. The molecule has 0 amide bonds. The summed E-state index contributed by atoms with van der Waals surface area (Å²) in [6, 6.07) is 18.6. The van der Waals surface area contributed by atoms with Crippen LogP contribution in [0.25, 0.3) is 17.2 Å². The third-order valence-corrected chi connectivity index (χ3v) is 7.16. The number of hydrogen-bond acceptors (Lipinski definition) is 1. The van der Waals surface area contributed by atoms with Crippen molar-refractivity contribution in [1.29, 1.82) is 0 Å². The van der Waals surface area contributed by atoms with Crippen LogP contribution in [0.2, 0.25) is 0 Å². The second-order valence-electron chi connectivity index (χ2n) is 9.34. The van der Waals surface area contributed by atoms with E-state index in [0.29, 0.717) is 0 Å². The first-order chi connectivity index (χ1) is 13.8. The van der Waals surface area contributed by atoms with E-state index in [1.54, 1.807) is 0 Å². The molecule has 0 N–H and O–H groups in total. The van der Waals surface area contributed by atoms with Crippen molar-refractivity contribution in [1.82, 2.24) is 0 Å². The highest BCUT2D eigenvalue weighted by Gasteiger charge is 2.37. The van der Waals surface area contributed by atoms with Crippen LogP contribution in [0.4, 0.5) is 5.69 Å². The molecule has 0 spiro atoms. The highest BCUT2D eigenvalue weighted by Crippen LogP contribution is 2.51. The summed E-state index contributed by atoms with van der Waals surface area (Å²) in [7, 11) is 2.24. The first kappa shape index (κ1) is 18.2. The maximum absolute atomic E-state index is 2.45. The minimum absolute atomic E-state index is 0.0360. The van der Waals surface area contributed by atoms with Crippen LogP contribution in [-0.2, 0) is 5.41 Å². The topological polar surface area (TPSA) is 3.24 Å². The highest BCUT2D eigenvalue weighted by molar-refractivity contribution is 5.87. The van der Waals surface area contributed by atoms with Crippen molar-refractivity contribution < 1.29 is 0 Å². The molecule has 0 radical (unpaired) electrons. The number of anilines is 1. The quantitative estimate of drug-likeness (QED) is 0.435. The summed E-state index contributed by atoms with van der Waals surface area (Å²) in [6.07, 6.45) is 4.69. The molecule has 2 aliphatic rings. The molecule has 3 aromatic rings. The van der Waals surface area contributed by atoms with Crippen LogP contribution in [0.1, 0.15) is 58.8 Å². The summed E-state index contributed by atoms with van der Waals surface area (Å²) in [6.45, 7) is 11.4. The van der Waals surface area contributed by atoms with Crippen molar-refractivity contribution in [3.8, 4) is 11.1 Å². The molecule has 1 heterocycles. The Morgan fingerprint density at radius 1 is 0.862 bits per heavy atom. The molecule has 146 valence electrons. The minimum atomic E-state index is 0.0360. The molecule has 1 heteroatoms. The van der Waals surface area contributed by atoms with E-state index in [1.807, 2.05) is 0 Å². The van der Waals surface area contributed by atoms with Gasteiger partial charge in [0, 0.05) is 18.2 Å². The van der Waals surface area contributed by atoms with Gasteiger partial charge in [-0.3, -0.25) is 0 Å². The average molecular weight is 380 g/mol. The van der Waals surface area contributed by atoms with E-state index in [-0.39, 0.29) is 11.5 Å². The lowest BCUT2D eigenvalue weighted by molar-refractivity contribution is 0.659. The zero-order valence-corrected chi connectivity index (χ0v) is 18.3. The summed E-state index contributed by atoms with van der Waals surface area (Å²) in [4.78, 5) is 2.45. The number of hydrogen-bond donors (Lipinski definition) is 0. The van der Waals surface area contributed by atoms with E-state index in [0.717, 1.165) is 0 Å². The van der Waals surface area contributed by atoms with E-state index in [2.05, 4.69) is 107 Å². The van der Waals surface area contributed by atoms with Gasteiger partial charge in [0.05, 0.1) is 6.04 Å². The van der Waals surface area contributed by atoms with Gasteiger partial charge in [0.1, 0.15) is 0 Å². The van der Waals surface area contributed by atoms with Crippen molar-refractivity contribution >= 4 is 11.8 Å². The lowest BCUT2D eigenvalue weighted by atomic mass is 9.81. The largest absolute Gasteiger partial charge is 0.364 e. The molecule has 0 saturated carbocycles. The molecule has 0 saturated heterocycles. The van der Waals surface area contributed by atoms with Gasteiger partial charge in [0.15, 0.2) is 0 Å². The Morgan fingerprint density at radius 2 is 1.62 bits per heavy atom. The molecule has 0 bridgehead atoms. The summed E-state index contributed by atoms with van der Waals surface area (Å²) >= 11 is 0. The summed E-state index contributed by atoms with van der Waals surface area (Å²) in [5, 5.41) is 0. The van der Waals surface area contributed by atoms with Crippen molar-refractivity contribution in [2.45, 2.75) is 46.1 Å². The average Bonchev–Trinajstić information content (AvgIpc) is 2.92. The Balaban J connectivity index is 1.66. The van der Waals surface area contributed by atoms with Crippen molar-refractivity contribution in [2.75, 3.05) is 11.9 Å². The van der Waals surface area contributed by atoms with Crippen LogP contribution in [-0.4, -0.2) is 7.05 Å². The van der Waals surface area contributed by atoms with Crippen LogP contribution in [0.15, 0.2) is 54.6 Å². The number of likely N-dealkylation sites (N-methyl/N-ethyl adjacent to an activating group) is 1. The van der Waals surface area contributed by atoms with Gasteiger partial charge < -0.3 is 4.90 Å². The lowest BCUT2D eigenvalue weighted by Crippen LogP contribution is -2.27. The lowest BCUT2D eigenvalue weighted by Gasteiger charge is -2.35. The Hall–Kier alpha value is -2.80. The van der Waals surface area contributed by atoms with Crippen LogP contribution in [0.5, 0.6) is 0 Å². The Labute approximate surface area is 174 Å². The normalized spacial score (nSPS) is 18.4. The van der Waals surface area contributed by atoms with E-state index in [4.69, 9.17) is 0 Å². The number of benzene rings is 3. The number of fused-ring (bicyclic) bond motifs is 4. The molecule has 5 rings (SSSR count). The second-order valence-corrected chi connectivity index (χ2v) is 9.34. The third-order valence-electron chi connectivity index (χ3n) is 7.16. The molecule has 1 atom stereocenters. The first-order valence-corrected chi connectivity index (χ1v) is 10.6. The zero-order valence-electron chi connectivity index (χ0n) is 18.3. The van der Waals surface area contributed by atoms with E-state index >= 15 is 0 Å². The van der Waals surface area contributed by atoms with E-state index < -0.39 is 0 Å². The molecule has 1 nitrogen and oxygen atoms in total. The maximum atomic E-state index is 2.45. The SMILES string of the molecule is Cc1cc(C)c(C)c(C2C=Cc3cc4c(cc3N2C)C(C)(C)c2ccccc2-4)c1. The van der Waals surface area contributed by atoms with Gasteiger partial charge in [-0.2, -0.15) is 0 Å². The second kappa shape index (κ2) is 6.10. The molecule has 29 heavy (non-hydrogen) atoms. The monoisotopic (exact) mass is 379 g/mol. The van der Waals surface area contributed by atoms with E-state index in [9.17, 15) is 0 Å². The fourth-order valence-corrected chi connectivity index (χ4v) is 5.36. The van der Waals surface area contributed by atoms with Crippen molar-refractivity contribution in [2.24, 2.45) is 0 Å². The van der Waals surface area contributed by atoms with Crippen molar-refractivity contribution in [3.05, 3.63) is 93.6 Å². The van der Waals surface area contributed by atoms with Gasteiger partial charge in [-0.15, -0.1) is 0 Å². The van der Waals surface area contributed by atoms with Gasteiger partial charge in [-0.1, -0.05) is 68.0 Å². The van der Waals surface area contributed by atoms with Gasteiger partial charge in [0.25, 0.3) is 0 Å². The molecular weight excluding hydrogens is 350 g/mol. The minimum Gasteiger partial charge on any atom is -0.364 e. The highest BCUT2D eigenvalue weighted by atomic mass is 15.1. The molecule has 0 aromatic heterocycles. The van der Waals surface area contributed by atoms with Crippen LogP contribution in [0, 0.1) is 20.8 Å². The predicted molar refractivity (Wildman–Crippen MR) is 125 cm³/mol. The summed E-state index contributed by atoms with van der Waals surface area (Å²) in [5.41, 5.74) is 13.9. The van der Waals surface area contributed by atoms with Crippen molar-refractivity contribution in [3.63, 3.8) is 0 Å². The van der Waals surface area contributed by atoms with Crippen LogP contribution < -0.4 is 4.90 Å². The van der Waals surface area contributed by atoms with Gasteiger partial charge in [-0.05, 0) is 77.4 Å². The predicted octanol–water partition coefficient (Wildman–Crippen LogP) is 7.12. The Morgan fingerprint density at radius 3 is 2.41 bits per heavy atom. The number of aryl methyl sites for hydroxylation is 2. The van der Waals surface area contributed by atoms with E-state index in [1.165, 1.54) is 55.8 Å². The van der Waals surface area contributed by atoms with Crippen LogP contribution >= 0.6 is 0 Å².